The van der Waals surface area contributed by atoms with Crippen molar-refractivity contribution < 1.29 is 19.0 Å². The number of amides is 1. The molecule has 2 heterocycles. The fourth-order valence-electron chi connectivity index (χ4n) is 4.16. The number of ether oxygens (including phenoxy) is 3. The molecule has 30 heavy (non-hydrogen) atoms. The SMILES string of the molecule is COc1cc(CC(=O)N2CCCCC2c2nc3ccccc3[nH]2)cc(OC)c1OC. The van der Waals surface area contributed by atoms with Crippen LogP contribution in [0.2, 0.25) is 0 Å². The summed E-state index contributed by atoms with van der Waals surface area (Å²) in [4.78, 5) is 23.4. The van der Waals surface area contributed by atoms with Crippen molar-refractivity contribution in [1.29, 1.82) is 0 Å². The average molecular weight is 409 g/mol. The number of imidazole rings is 1. The van der Waals surface area contributed by atoms with Crippen LogP contribution in [0.5, 0.6) is 17.2 Å². The van der Waals surface area contributed by atoms with Crippen LogP contribution in [0.25, 0.3) is 11.0 Å². The number of rotatable bonds is 6. The van der Waals surface area contributed by atoms with E-state index in [4.69, 9.17) is 19.2 Å². The zero-order valence-corrected chi connectivity index (χ0v) is 17.6. The Bertz CT molecular complexity index is 988. The third kappa shape index (κ3) is 3.79. The van der Waals surface area contributed by atoms with Crippen molar-refractivity contribution in [2.24, 2.45) is 0 Å². The van der Waals surface area contributed by atoms with E-state index in [0.717, 1.165) is 48.2 Å². The number of benzene rings is 2. The van der Waals surface area contributed by atoms with Gasteiger partial charge in [0.2, 0.25) is 11.7 Å². The molecule has 0 spiro atoms. The van der Waals surface area contributed by atoms with Gasteiger partial charge in [0.25, 0.3) is 0 Å². The topological polar surface area (TPSA) is 76.7 Å². The fourth-order valence-corrected chi connectivity index (χ4v) is 4.16. The molecule has 0 radical (unpaired) electrons. The van der Waals surface area contributed by atoms with Crippen LogP contribution in [-0.2, 0) is 11.2 Å². The number of aromatic amines is 1. The molecule has 1 amide bonds. The molecular weight excluding hydrogens is 382 g/mol. The predicted molar refractivity (Wildman–Crippen MR) is 114 cm³/mol. The number of H-pyrrole nitrogens is 1. The monoisotopic (exact) mass is 409 g/mol. The van der Waals surface area contributed by atoms with Gasteiger partial charge in [0.15, 0.2) is 11.5 Å². The Morgan fingerprint density at radius 1 is 1.10 bits per heavy atom. The molecule has 7 nitrogen and oxygen atoms in total. The molecule has 1 aliphatic heterocycles. The maximum absolute atomic E-state index is 13.3. The molecule has 3 aromatic rings. The molecule has 7 heteroatoms. The molecule has 1 aromatic heterocycles. The van der Waals surface area contributed by atoms with Crippen LogP contribution >= 0.6 is 0 Å². The lowest BCUT2D eigenvalue weighted by atomic mass is 10.00. The summed E-state index contributed by atoms with van der Waals surface area (Å²) in [5.41, 5.74) is 2.74. The molecule has 2 aromatic carbocycles. The number of nitrogens with one attached hydrogen (secondary N) is 1. The lowest BCUT2D eigenvalue weighted by molar-refractivity contribution is -0.134. The highest BCUT2D eigenvalue weighted by atomic mass is 16.5. The minimum absolute atomic E-state index is 0.0410. The first-order chi connectivity index (χ1) is 14.6. The quantitative estimate of drug-likeness (QED) is 0.669. The number of likely N-dealkylation sites (tertiary alicyclic amines) is 1. The maximum atomic E-state index is 13.3. The molecule has 1 atom stereocenters. The number of hydrogen-bond donors (Lipinski definition) is 1. The van der Waals surface area contributed by atoms with Gasteiger partial charge in [0, 0.05) is 6.54 Å². The van der Waals surface area contributed by atoms with Crippen LogP contribution in [0.1, 0.15) is 36.7 Å². The third-order valence-corrected chi connectivity index (χ3v) is 5.63. The summed E-state index contributed by atoms with van der Waals surface area (Å²) >= 11 is 0. The minimum Gasteiger partial charge on any atom is -0.493 e. The zero-order valence-electron chi connectivity index (χ0n) is 17.6. The Kier molecular flexibility index (Phi) is 5.79. The van der Waals surface area contributed by atoms with Crippen LogP contribution in [0.3, 0.4) is 0 Å². The van der Waals surface area contributed by atoms with Crippen molar-refractivity contribution in [2.75, 3.05) is 27.9 Å². The Balaban J connectivity index is 1.59. The van der Waals surface area contributed by atoms with Crippen molar-refractivity contribution in [3.63, 3.8) is 0 Å². The van der Waals surface area contributed by atoms with Crippen molar-refractivity contribution in [3.8, 4) is 17.2 Å². The largest absolute Gasteiger partial charge is 0.493 e. The van der Waals surface area contributed by atoms with Crippen LogP contribution in [0.4, 0.5) is 0 Å². The fraction of sp³-hybridized carbons (Fsp3) is 0.391. The number of carbonyl (C=O) groups excluding carboxylic acids is 1. The summed E-state index contributed by atoms with van der Waals surface area (Å²) in [6.07, 6.45) is 3.24. The standard InChI is InChI=1S/C23H27N3O4/c1-28-19-12-15(13-20(29-2)22(19)30-3)14-21(27)26-11-7-6-10-18(26)23-24-16-8-4-5-9-17(16)25-23/h4-5,8-9,12-13,18H,6-7,10-11,14H2,1-3H3,(H,24,25). The molecule has 0 saturated carbocycles. The zero-order chi connectivity index (χ0) is 21.1. The molecule has 1 fully saturated rings. The van der Waals surface area contributed by atoms with Gasteiger partial charge in [-0.2, -0.15) is 0 Å². The molecule has 0 aliphatic carbocycles. The Morgan fingerprint density at radius 3 is 2.50 bits per heavy atom. The second-order valence-corrected chi connectivity index (χ2v) is 7.45. The minimum atomic E-state index is -0.0410. The second-order valence-electron chi connectivity index (χ2n) is 7.45. The van der Waals surface area contributed by atoms with E-state index in [1.54, 1.807) is 21.3 Å². The number of methoxy groups -OCH3 is 3. The number of nitrogens with zero attached hydrogens (tertiary/aromatic N) is 2. The summed E-state index contributed by atoms with van der Waals surface area (Å²) in [5.74, 6) is 2.54. The smallest absolute Gasteiger partial charge is 0.227 e. The van der Waals surface area contributed by atoms with E-state index >= 15 is 0 Å². The predicted octanol–water partition coefficient (Wildman–Crippen LogP) is 3.89. The van der Waals surface area contributed by atoms with Crippen molar-refractivity contribution in [2.45, 2.75) is 31.7 Å². The van der Waals surface area contributed by atoms with Crippen LogP contribution in [-0.4, -0.2) is 48.6 Å². The average Bonchev–Trinajstić information content (AvgIpc) is 3.22. The number of fused-ring (bicyclic) bond motifs is 1. The summed E-state index contributed by atoms with van der Waals surface area (Å²) in [7, 11) is 4.72. The lowest BCUT2D eigenvalue weighted by Gasteiger charge is -2.34. The molecule has 1 unspecified atom stereocenters. The van der Waals surface area contributed by atoms with Gasteiger partial charge >= 0.3 is 0 Å². The Morgan fingerprint density at radius 2 is 1.83 bits per heavy atom. The van der Waals surface area contributed by atoms with Crippen LogP contribution < -0.4 is 14.2 Å². The molecule has 1 aliphatic rings. The first-order valence-corrected chi connectivity index (χ1v) is 10.2. The van der Waals surface area contributed by atoms with Crippen molar-refractivity contribution >= 4 is 16.9 Å². The summed E-state index contributed by atoms with van der Waals surface area (Å²) < 4.78 is 16.2. The summed E-state index contributed by atoms with van der Waals surface area (Å²) in [5, 5.41) is 0. The van der Waals surface area contributed by atoms with E-state index in [0.29, 0.717) is 17.2 Å². The van der Waals surface area contributed by atoms with Gasteiger partial charge in [-0.3, -0.25) is 4.79 Å². The van der Waals surface area contributed by atoms with Gasteiger partial charge in [-0.25, -0.2) is 4.98 Å². The highest BCUT2D eigenvalue weighted by molar-refractivity contribution is 5.80. The molecule has 4 rings (SSSR count). The molecule has 1 N–H and O–H groups in total. The Hall–Kier alpha value is -3.22. The van der Waals surface area contributed by atoms with Crippen molar-refractivity contribution in [1.82, 2.24) is 14.9 Å². The number of piperidine rings is 1. The van der Waals surface area contributed by atoms with Gasteiger partial charge < -0.3 is 24.1 Å². The molecular formula is C23H27N3O4. The van der Waals surface area contributed by atoms with E-state index in [1.807, 2.05) is 41.3 Å². The molecule has 1 saturated heterocycles. The molecule has 158 valence electrons. The van der Waals surface area contributed by atoms with Crippen LogP contribution in [0.15, 0.2) is 36.4 Å². The number of carbonyl (C=O) groups is 1. The third-order valence-electron chi connectivity index (χ3n) is 5.63. The number of aromatic nitrogens is 2. The molecule has 0 bridgehead atoms. The lowest BCUT2D eigenvalue weighted by Crippen LogP contribution is -2.39. The van der Waals surface area contributed by atoms with E-state index in [1.165, 1.54) is 0 Å². The first kappa shape index (κ1) is 20.1. The first-order valence-electron chi connectivity index (χ1n) is 10.2. The highest BCUT2D eigenvalue weighted by Crippen LogP contribution is 2.39. The number of para-hydroxylation sites is 2. The van der Waals surface area contributed by atoms with E-state index in [9.17, 15) is 4.79 Å². The number of hydrogen-bond acceptors (Lipinski definition) is 5. The van der Waals surface area contributed by atoms with E-state index < -0.39 is 0 Å². The maximum Gasteiger partial charge on any atom is 0.227 e. The highest BCUT2D eigenvalue weighted by Gasteiger charge is 2.30. The van der Waals surface area contributed by atoms with Gasteiger partial charge in [0.1, 0.15) is 5.82 Å². The van der Waals surface area contributed by atoms with Gasteiger partial charge in [0.05, 0.1) is 44.8 Å². The van der Waals surface area contributed by atoms with E-state index in [2.05, 4.69) is 4.98 Å². The summed E-state index contributed by atoms with van der Waals surface area (Å²) in [6.45, 7) is 0.727. The summed E-state index contributed by atoms with van der Waals surface area (Å²) in [6, 6.07) is 11.6. The van der Waals surface area contributed by atoms with Gasteiger partial charge in [-0.05, 0) is 49.1 Å². The van der Waals surface area contributed by atoms with Crippen molar-refractivity contribution in [3.05, 3.63) is 47.8 Å². The van der Waals surface area contributed by atoms with Gasteiger partial charge in [-0.1, -0.05) is 12.1 Å². The Labute approximate surface area is 176 Å². The van der Waals surface area contributed by atoms with Gasteiger partial charge in [-0.15, -0.1) is 0 Å². The normalized spacial score (nSPS) is 16.5. The van der Waals surface area contributed by atoms with Crippen LogP contribution in [0, 0.1) is 0 Å². The second kappa shape index (κ2) is 8.65. The van der Waals surface area contributed by atoms with E-state index in [-0.39, 0.29) is 18.4 Å².